The van der Waals surface area contributed by atoms with E-state index >= 15 is 0 Å². The van der Waals surface area contributed by atoms with Gasteiger partial charge in [0.15, 0.2) is 0 Å². The zero-order chi connectivity index (χ0) is 13.1. The number of carbonyl (C=O) groups is 1. The Morgan fingerprint density at radius 3 is 2.29 bits per heavy atom. The Kier molecular flexibility index (Phi) is 4.56. The highest BCUT2D eigenvalue weighted by atomic mass is 35.5. The third-order valence-corrected chi connectivity index (χ3v) is 4.15. The molecule has 0 aliphatic heterocycles. The van der Waals surface area contributed by atoms with Gasteiger partial charge in [0.05, 0.1) is 17.2 Å². The molecule has 0 fully saturated rings. The van der Waals surface area contributed by atoms with Gasteiger partial charge in [-0.15, -0.1) is 0 Å². The second-order valence-corrected chi connectivity index (χ2v) is 5.51. The molecule has 0 saturated heterocycles. The average Bonchev–Trinajstić information content (AvgIpc) is 2.25. The number of ether oxygens (including phenoxy) is 1. The smallest absolute Gasteiger partial charge is 0.331 e. The predicted octanol–water partition coefficient (Wildman–Crippen LogP) is 2.45. The highest BCUT2D eigenvalue weighted by Crippen LogP contribution is 2.30. The zero-order valence-corrected chi connectivity index (χ0v) is 11.0. The number of carbonyl (C=O) groups excluding carboxylic acids is 1. The van der Waals surface area contributed by atoms with Crippen LogP contribution in [0.3, 0.4) is 0 Å². The third kappa shape index (κ3) is 3.46. The minimum Gasteiger partial charge on any atom is -0.466 e. The summed E-state index contributed by atoms with van der Waals surface area (Å²) in [6, 6.07) is 4.31. The van der Waals surface area contributed by atoms with Crippen LogP contribution in [0.5, 0.6) is 0 Å². The van der Waals surface area contributed by atoms with Crippen LogP contribution < -0.4 is 0 Å². The van der Waals surface area contributed by atoms with Gasteiger partial charge in [-0.2, -0.15) is 0 Å². The molecule has 0 N–H and O–H groups in total. The van der Waals surface area contributed by atoms with Gasteiger partial charge in [0, 0.05) is 11.5 Å². The fraction of sp³-hybridized carbons (Fsp3) is 0.100. The minimum absolute atomic E-state index is 0.00739. The molecule has 0 aromatic heterocycles. The van der Waals surface area contributed by atoms with E-state index in [4.69, 9.17) is 23.2 Å². The summed E-state index contributed by atoms with van der Waals surface area (Å²) in [6.07, 6.45) is 0.787. The SMILES string of the molecule is COC(=O)/C=C/S(=O)(=O)c1c(Cl)cccc1Cl. The van der Waals surface area contributed by atoms with Gasteiger partial charge in [0.1, 0.15) is 4.90 Å². The van der Waals surface area contributed by atoms with Crippen LogP contribution in [-0.2, 0) is 19.4 Å². The molecule has 0 aliphatic carbocycles. The molecule has 0 radical (unpaired) electrons. The summed E-state index contributed by atoms with van der Waals surface area (Å²) >= 11 is 11.5. The van der Waals surface area contributed by atoms with Gasteiger partial charge in [-0.3, -0.25) is 0 Å². The second-order valence-electron chi connectivity index (χ2n) is 2.92. The van der Waals surface area contributed by atoms with Gasteiger partial charge >= 0.3 is 5.97 Å². The molecule has 0 amide bonds. The molecule has 17 heavy (non-hydrogen) atoms. The summed E-state index contributed by atoms with van der Waals surface area (Å²) in [4.78, 5) is 10.6. The molecule has 0 saturated carbocycles. The molecule has 92 valence electrons. The van der Waals surface area contributed by atoms with Gasteiger partial charge in [-0.1, -0.05) is 29.3 Å². The van der Waals surface area contributed by atoms with Crippen molar-refractivity contribution >= 4 is 39.0 Å². The number of benzene rings is 1. The Balaban J connectivity index is 3.24. The molecule has 1 aromatic rings. The molecule has 4 nitrogen and oxygen atoms in total. The van der Waals surface area contributed by atoms with Crippen molar-refractivity contribution < 1.29 is 17.9 Å². The van der Waals surface area contributed by atoms with E-state index < -0.39 is 15.8 Å². The van der Waals surface area contributed by atoms with Crippen molar-refractivity contribution in [1.82, 2.24) is 0 Å². The maximum absolute atomic E-state index is 11.8. The number of hydrogen-bond acceptors (Lipinski definition) is 4. The molecule has 0 bridgehead atoms. The normalized spacial score (nSPS) is 11.7. The van der Waals surface area contributed by atoms with Crippen LogP contribution in [0.25, 0.3) is 0 Å². The Morgan fingerprint density at radius 2 is 1.82 bits per heavy atom. The monoisotopic (exact) mass is 294 g/mol. The summed E-state index contributed by atoms with van der Waals surface area (Å²) in [6.45, 7) is 0. The Bertz CT molecular complexity index is 543. The van der Waals surface area contributed by atoms with Gasteiger partial charge < -0.3 is 4.74 Å². The van der Waals surface area contributed by atoms with Crippen molar-refractivity contribution in [2.45, 2.75) is 4.90 Å². The van der Waals surface area contributed by atoms with Crippen molar-refractivity contribution in [3.8, 4) is 0 Å². The van der Waals surface area contributed by atoms with Gasteiger partial charge in [0.25, 0.3) is 0 Å². The topological polar surface area (TPSA) is 60.4 Å². The zero-order valence-electron chi connectivity index (χ0n) is 8.68. The van der Waals surface area contributed by atoms with Crippen molar-refractivity contribution in [2.24, 2.45) is 0 Å². The lowest BCUT2D eigenvalue weighted by Crippen LogP contribution is -2.01. The molecule has 0 unspecified atom stereocenters. The molecule has 7 heteroatoms. The third-order valence-electron chi connectivity index (χ3n) is 1.79. The van der Waals surface area contributed by atoms with Crippen LogP contribution in [0, 0.1) is 0 Å². The summed E-state index contributed by atoms with van der Waals surface area (Å²) in [5, 5.41) is 0.686. The molecule has 0 spiro atoms. The molecule has 1 rings (SSSR count). The van der Waals surface area contributed by atoms with E-state index in [1.165, 1.54) is 18.2 Å². The van der Waals surface area contributed by atoms with Gasteiger partial charge in [-0.25, -0.2) is 13.2 Å². The van der Waals surface area contributed by atoms with E-state index in [0.29, 0.717) is 5.41 Å². The van der Waals surface area contributed by atoms with Crippen LogP contribution >= 0.6 is 23.2 Å². The largest absolute Gasteiger partial charge is 0.466 e. The predicted molar refractivity (Wildman–Crippen MR) is 64.8 cm³/mol. The van der Waals surface area contributed by atoms with E-state index in [9.17, 15) is 13.2 Å². The molecule has 0 heterocycles. The number of halogens is 2. The van der Waals surface area contributed by atoms with Crippen LogP contribution in [0.15, 0.2) is 34.6 Å². The molecular weight excluding hydrogens is 287 g/mol. The maximum atomic E-state index is 11.8. The number of rotatable bonds is 3. The summed E-state index contributed by atoms with van der Waals surface area (Å²) in [5.74, 6) is -0.781. The first kappa shape index (κ1) is 14.0. The first-order valence-electron chi connectivity index (χ1n) is 4.33. The lowest BCUT2D eigenvalue weighted by atomic mass is 10.4. The van der Waals surface area contributed by atoms with Crippen LogP contribution in [0.2, 0.25) is 10.0 Å². The van der Waals surface area contributed by atoms with Crippen LogP contribution in [0.4, 0.5) is 0 Å². The lowest BCUT2D eigenvalue weighted by molar-refractivity contribution is -0.134. The van der Waals surface area contributed by atoms with E-state index in [0.717, 1.165) is 13.2 Å². The fourth-order valence-electron chi connectivity index (χ4n) is 1.04. The minimum atomic E-state index is -3.87. The first-order valence-corrected chi connectivity index (χ1v) is 6.64. The second kappa shape index (κ2) is 5.53. The molecule has 1 aromatic carbocycles. The fourth-order valence-corrected chi connectivity index (χ4v) is 3.18. The summed E-state index contributed by atoms with van der Waals surface area (Å²) in [5.41, 5.74) is 0. The standard InChI is InChI=1S/C10H8Cl2O4S/c1-16-9(13)5-6-17(14,15)10-7(11)3-2-4-8(10)12/h2-6H,1H3/b6-5+. The van der Waals surface area contributed by atoms with Crippen molar-refractivity contribution in [3.63, 3.8) is 0 Å². The number of sulfone groups is 1. The molecule has 0 aliphatic rings. The van der Waals surface area contributed by atoms with Crippen LogP contribution in [0.1, 0.15) is 0 Å². The van der Waals surface area contributed by atoms with E-state index in [2.05, 4.69) is 4.74 Å². The number of esters is 1. The van der Waals surface area contributed by atoms with Gasteiger partial charge in [-0.05, 0) is 12.1 Å². The maximum Gasteiger partial charge on any atom is 0.331 e. The van der Waals surface area contributed by atoms with Gasteiger partial charge in [0.2, 0.25) is 9.84 Å². The number of hydrogen-bond donors (Lipinski definition) is 0. The average molecular weight is 295 g/mol. The highest BCUT2D eigenvalue weighted by Gasteiger charge is 2.19. The van der Waals surface area contributed by atoms with Crippen molar-refractivity contribution in [3.05, 3.63) is 39.7 Å². The van der Waals surface area contributed by atoms with Crippen molar-refractivity contribution in [1.29, 1.82) is 0 Å². The summed E-state index contributed by atoms with van der Waals surface area (Å²) in [7, 11) is -2.73. The Morgan fingerprint density at radius 1 is 1.29 bits per heavy atom. The lowest BCUT2D eigenvalue weighted by Gasteiger charge is -2.04. The highest BCUT2D eigenvalue weighted by molar-refractivity contribution is 7.94. The quantitative estimate of drug-likeness (QED) is 0.635. The van der Waals surface area contributed by atoms with E-state index in [1.807, 2.05) is 0 Å². The summed E-state index contributed by atoms with van der Waals surface area (Å²) < 4.78 is 27.9. The molecule has 0 atom stereocenters. The van der Waals surface area contributed by atoms with E-state index in [1.54, 1.807) is 0 Å². The Hall–Kier alpha value is -1.04. The van der Waals surface area contributed by atoms with E-state index in [-0.39, 0.29) is 14.9 Å². The van der Waals surface area contributed by atoms with Crippen LogP contribution in [-0.4, -0.2) is 21.5 Å². The van der Waals surface area contributed by atoms with Crippen molar-refractivity contribution in [2.75, 3.05) is 7.11 Å². The Labute approximate surface area is 109 Å². The number of methoxy groups -OCH3 is 1. The first-order chi connectivity index (χ1) is 7.88. The molecular formula is C10H8Cl2O4S.